The molecule has 0 saturated carbocycles. The van der Waals surface area contributed by atoms with Crippen LogP contribution in [0, 0.1) is 0 Å². The molecule has 1 aromatic rings. The lowest BCUT2D eigenvalue weighted by Crippen LogP contribution is -1.97. The summed E-state index contributed by atoms with van der Waals surface area (Å²) in [5, 5.41) is 8.63. The normalized spacial score (nSPS) is 12.8. The first kappa shape index (κ1) is 13.8. The summed E-state index contributed by atoms with van der Waals surface area (Å²) in [4.78, 5) is 0. The third-order valence-corrected chi connectivity index (χ3v) is 2.71. The number of ether oxygens (including phenoxy) is 1. The second-order valence-corrected chi connectivity index (χ2v) is 4.08. The van der Waals surface area contributed by atoms with Gasteiger partial charge < -0.3 is 9.84 Å². The topological polar surface area (TPSA) is 29.5 Å². The fraction of sp³-hybridized carbons (Fsp3) is 0.467. The van der Waals surface area contributed by atoms with Crippen molar-refractivity contribution in [3.8, 4) is 0 Å². The molecule has 94 valence electrons. The maximum atomic E-state index is 8.63. The smallest absolute Gasteiger partial charge is 0.110 e. The Labute approximate surface area is 104 Å². The van der Waals surface area contributed by atoms with Gasteiger partial charge in [0, 0.05) is 5.92 Å². The average molecular weight is 234 g/mol. The van der Waals surface area contributed by atoms with Crippen molar-refractivity contribution >= 4 is 0 Å². The molecular weight excluding hydrogens is 212 g/mol. The van der Waals surface area contributed by atoms with E-state index in [4.69, 9.17) is 9.84 Å². The molecule has 1 N–H and O–H groups in total. The number of allylic oxidation sites excluding steroid dienone is 1. The van der Waals surface area contributed by atoms with Crippen LogP contribution in [-0.4, -0.2) is 18.3 Å². The largest absolute Gasteiger partial charge is 0.499 e. The lowest BCUT2D eigenvalue weighted by molar-refractivity contribution is 0.165. The number of benzene rings is 1. The van der Waals surface area contributed by atoms with E-state index in [0.717, 1.165) is 6.42 Å². The SMILES string of the molecule is CCCCC(/C=C/OCCO)c1ccccc1. The van der Waals surface area contributed by atoms with Gasteiger partial charge in [-0.05, 0) is 18.1 Å². The van der Waals surface area contributed by atoms with Gasteiger partial charge in [0.2, 0.25) is 0 Å². The van der Waals surface area contributed by atoms with E-state index in [1.54, 1.807) is 6.26 Å². The van der Waals surface area contributed by atoms with E-state index in [-0.39, 0.29) is 6.61 Å². The molecule has 0 bridgehead atoms. The van der Waals surface area contributed by atoms with E-state index in [9.17, 15) is 0 Å². The van der Waals surface area contributed by atoms with Gasteiger partial charge in [0.05, 0.1) is 12.9 Å². The Bertz CT molecular complexity index is 306. The van der Waals surface area contributed by atoms with Crippen molar-refractivity contribution in [1.29, 1.82) is 0 Å². The van der Waals surface area contributed by atoms with Gasteiger partial charge >= 0.3 is 0 Å². The molecule has 0 heterocycles. The summed E-state index contributed by atoms with van der Waals surface area (Å²) in [5.41, 5.74) is 1.32. The molecule has 0 fully saturated rings. The molecule has 0 aliphatic rings. The first-order valence-corrected chi connectivity index (χ1v) is 6.32. The molecule has 17 heavy (non-hydrogen) atoms. The summed E-state index contributed by atoms with van der Waals surface area (Å²) in [6, 6.07) is 10.5. The van der Waals surface area contributed by atoms with Crippen LogP contribution < -0.4 is 0 Å². The van der Waals surface area contributed by atoms with Gasteiger partial charge in [-0.15, -0.1) is 0 Å². The Morgan fingerprint density at radius 1 is 1.29 bits per heavy atom. The van der Waals surface area contributed by atoms with Crippen molar-refractivity contribution in [3.05, 3.63) is 48.2 Å². The van der Waals surface area contributed by atoms with Crippen LogP contribution in [0.2, 0.25) is 0 Å². The molecule has 0 saturated heterocycles. The first-order valence-electron chi connectivity index (χ1n) is 6.32. The van der Waals surface area contributed by atoms with Gasteiger partial charge in [0.1, 0.15) is 6.61 Å². The standard InChI is InChI=1S/C15H22O2/c1-2-3-7-15(10-12-17-13-11-16)14-8-5-4-6-9-14/h4-6,8-10,12,15-16H,2-3,7,11,13H2,1H3/b12-10+. The molecule has 0 radical (unpaired) electrons. The highest BCUT2D eigenvalue weighted by atomic mass is 16.5. The van der Waals surface area contributed by atoms with Crippen LogP contribution >= 0.6 is 0 Å². The average Bonchev–Trinajstić information content (AvgIpc) is 2.39. The number of rotatable bonds is 8. The molecule has 0 aliphatic heterocycles. The number of hydrogen-bond donors (Lipinski definition) is 1. The molecule has 0 aromatic heterocycles. The quantitative estimate of drug-likeness (QED) is 0.551. The van der Waals surface area contributed by atoms with Crippen molar-refractivity contribution in [3.63, 3.8) is 0 Å². The van der Waals surface area contributed by atoms with Gasteiger partial charge in [-0.2, -0.15) is 0 Å². The van der Waals surface area contributed by atoms with Crippen LogP contribution in [0.5, 0.6) is 0 Å². The molecular formula is C15H22O2. The number of unbranched alkanes of at least 4 members (excludes halogenated alkanes) is 1. The first-order chi connectivity index (χ1) is 8.38. The Morgan fingerprint density at radius 3 is 2.71 bits per heavy atom. The third kappa shape index (κ3) is 5.55. The minimum atomic E-state index is 0.0648. The van der Waals surface area contributed by atoms with Crippen LogP contribution in [0.4, 0.5) is 0 Å². The van der Waals surface area contributed by atoms with Crippen LogP contribution in [-0.2, 0) is 4.74 Å². The van der Waals surface area contributed by atoms with Crippen molar-refractivity contribution in [2.24, 2.45) is 0 Å². The van der Waals surface area contributed by atoms with Gasteiger partial charge in [0.15, 0.2) is 0 Å². The van der Waals surface area contributed by atoms with E-state index < -0.39 is 0 Å². The highest BCUT2D eigenvalue weighted by Gasteiger charge is 2.06. The molecule has 0 aliphatic carbocycles. The Morgan fingerprint density at radius 2 is 2.06 bits per heavy atom. The predicted molar refractivity (Wildman–Crippen MR) is 70.9 cm³/mol. The van der Waals surface area contributed by atoms with Crippen molar-refractivity contribution in [2.75, 3.05) is 13.2 Å². The van der Waals surface area contributed by atoms with Crippen molar-refractivity contribution in [1.82, 2.24) is 0 Å². The summed E-state index contributed by atoms with van der Waals surface area (Å²) >= 11 is 0. The van der Waals surface area contributed by atoms with Crippen LogP contribution in [0.3, 0.4) is 0 Å². The maximum Gasteiger partial charge on any atom is 0.110 e. The van der Waals surface area contributed by atoms with Gasteiger partial charge in [-0.25, -0.2) is 0 Å². The molecule has 1 aromatic carbocycles. The van der Waals surface area contributed by atoms with Crippen molar-refractivity contribution < 1.29 is 9.84 Å². The second-order valence-electron chi connectivity index (χ2n) is 4.08. The number of aliphatic hydroxyl groups excluding tert-OH is 1. The molecule has 2 heteroatoms. The maximum absolute atomic E-state index is 8.63. The Hall–Kier alpha value is -1.28. The van der Waals surface area contributed by atoms with E-state index in [0.29, 0.717) is 12.5 Å². The molecule has 0 spiro atoms. The van der Waals surface area contributed by atoms with E-state index >= 15 is 0 Å². The Balaban J connectivity index is 2.57. The molecule has 0 amide bonds. The zero-order chi connectivity index (χ0) is 12.3. The highest BCUT2D eigenvalue weighted by molar-refractivity contribution is 5.23. The van der Waals surface area contributed by atoms with Crippen LogP contribution in [0.25, 0.3) is 0 Å². The molecule has 1 rings (SSSR count). The van der Waals surface area contributed by atoms with Gasteiger partial charge in [-0.3, -0.25) is 0 Å². The lowest BCUT2D eigenvalue weighted by Gasteiger charge is -2.12. The van der Waals surface area contributed by atoms with Crippen LogP contribution in [0.1, 0.15) is 37.7 Å². The molecule has 2 nitrogen and oxygen atoms in total. The monoisotopic (exact) mass is 234 g/mol. The zero-order valence-corrected chi connectivity index (χ0v) is 10.5. The van der Waals surface area contributed by atoms with E-state index in [1.807, 2.05) is 6.07 Å². The van der Waals surface area contributed by atoms with Gasteiger partial charge in [0.25, 0.3) is 0 Å². The fourth-order valence-corrected chi connectivity index (χ4v) is 1.77. The van der Waals surface area contributed by atoms with Gasteiger partial charge in [-0.1, -0.05) is 50.1 Å². The summed E-state index contributed by atoms with van der Waals surface area (Å²) in [6.45, 7) is 2.63. The number of hydrogen-bond acceptors (Lipinski definition) is 2. The summed E-state index contributed by atoms with van der Waals surface area (Å²) in [6.07, 6.45) is 7.35. The Kier molecular flexibility index (Phi) is 7.15. The minimum Gasteiger partial charge on any atom is -0.499 e. The molecule has 1 unspecified atom stereocenters. The van der Waals surface area contributed by atoms with Crippen molar-refractivity contribution in [2.45, 2.75) is 32.1 Å². The van der Waals surface area contributed by atoms with Crippen LogP contribution in [0.15, 0.2) is 42.7 Å². The lowest BCUT2D eigenvalue weighted by atomic mass is 9.94. The molecule has 1 atom stereocenters. The third-order valence-electron chi connectivity index (χ3n) is 2.71. The van der Waals surface area contributed by atoms with E-state index in [1.165, 1.54) is 18.4 Å². The zero-order valence-electron chi connectivity index (χ0n) is 10.5. The summed E-state index contributed by atoms with van der Waals surface area (Å²) in [7, 11) is 0. The van der Waals surface area contributed by atoms with E-state index in [2.05, 4.69) is 37.3 Å². The predicted octanol–water partition coefficient (Wildman–Crippen LogP) is 3.48. The number of aliphatic hydroxyl groups is 1. The summed E-state index contributed by atoms with van der Waals surface area (Å²) < 4.78 is 5.18. The summed E-state index contributed by atoms with van der Waals surface area (Å²) in [5.74, 6) is 0.412. The second kappa shape index (κ2) is 8.82. The fourth-order valence-electron chi connectivity index (χ4n) is 1.77. The minimum absolute atomic E-state index is 0.0648. The highest BCUT2D eigenvalue weighted by Crippen LogP contribution is 2.23.